The van der Waals surface area contributed by atoms with Gasteiger partial charge in [0.05, 0.1) is 11.2 Å². The molecule has 0 aromatic heterocycles. The Hall–Kier alpha value is -0.0151. The van der Waals surface area contributed by atoms with Crippen molar-refractivity contribution in [3.8, 4) is 0 Å². The maximum absolute atomic E-state index is 6.16. The lowest BCUT2D eigenvalue weighted by Crippen LogP contribution is -2.41. The third-order valence-electron chi connectivity index (χ3n) is 5.71. The van der Waals surface area contributed by atoms with Crippen molar-refractivity contribution in [2.75, 3.05) is 0 Å². The molecule has 0 bridgehead atoms. The average molecular weight is 250 g/mol. The highest BCUT2D eigenvalue weighted by Crippen LogP contribution is 2.56. The summed E-state index contributed by atoms with van der Waals surface area (Å²) in [6, 6.07) is 0. The van der Waals surface area contributed by atoms with Crippen LogP contribution in [0.3, 0.4) is 0 Å². The lowest BCUT2D eigenvalue weighted by Gasteiger charge is -2.32. The van der Waals surface area contributed by atoms with Crippen molar-refractivity contribution in [1.29, 1.82) is 0 Å². The van der Waals surface area contributed by atoms with Crippen LogP contribution in [0.2, 0.25) is 5.82 Å². The van der Waals surface area contributed by atoms with E-state index in [9.17, 15) is 0 Å². The summed E-state index contributed by atoms with van der Waals surface area (Å²) < 4.78 is 12.3. The van der Waals surface area contributed by atoms with E-state index in [0.29, 0.717) is 5.82 Å². The molecule has 0 amide bonds. The summed E-state index contributed by atoms with van der Waals surface area (Å²) >= 11 is 0. The molecular weight excluding hydrogens is 223 g/mol. The van der Waals surface area contributed by atoms with Crippen molar-refractivity contribution >= 4 is 7.12 Å². The average Bonchev–Trinajstić information content (AvgIpc) is 2.72. The Labute approximate surface area is 112 Å². The van der Waals surface area contributed by atoms with E-state index in [0.717, 1.165) is 11.8 Å². The van der Waals surface area contributed by atoms with Gasteiger partial charge in [-0.3, -0.25) is 0 Å². The molecule has 3 aliphatic rings. The standard InChI is InChI=1S/C15H27BO2/c1-14(2)15(3,4)18-16(17-14)13-10-12(13)9-11-7-5-6-8-11/h11-13H,5-10H2,1-4H3/t12-,13-/m1/s1. The smallest absolute Gasteiger partial charge is 0.403 e. The molecule has 0 aromatic rings. The summed E-state index contributed by atoms with van der Waals surface area (Å²) in [5.41, 5.74) is -0.309. The maximum atomic E-state index is 6.16. The molecule has 3 heteroatoms. The largest absolute Gasteiger partial charge is 0.461 e. The molecule has 18 heavy (non-hydrogen) atoms. The van der Waals surface area contributed by atoms with Crippen LogP contribution in [0.15, 0.2) is 0 Å². The van der Waals surface area contributed by atoms with Gasteiger partial charge in [-0.25, -0.2) is 0 Å². The molecule has 2 saturated carbocycles. The highest BCUT2D eigenvalue weighted by Gasteiger charge is 2.59. The maximum Gasteiger partial charge on any atom is 0.461 e. The molecule has 1 heterocycles. The Bertz CT molecular complexity index is 304. The molecule has 0 spiro atoms. The van der Waals surface area contributed by atoms with E-state index in [1.54, 1.807) is 0 Å². The van der Waals surface area contributed by atoms with Gasteiger partial charge in [0.2, 0.25) is 0 Å². The SMILES string of the molecule is CC1(C)OB([C@@H]2C[C@H]2CC2CCCC2)OC1(C)C. The van der Waals surface area contributed by atoms with Gasteiger partial charge in [-0.1, -0.05) is 25.7 Å². The fourth-order valence-electron chi connectivity index (χ4n) is 3.61. The molecule has 1 saturated heterocycles. The molecule has 0 unspecified atom stereocenters. The first kappa shape index (κ1) is 13.0. The lowest BCUT2D eigenvalue weighted by atomic mass is 9.79. The summed E-state index contributed by atoms with van der Waals surface area (Å²) in [4.78, 5) is 0. The third kappa shape index (κ3) is 2.25. The molecule has 0 N–H and O–H groups in total. The molecule has 2 nitrogen and oxygen atoms in total. The number of hydrogen-bond donors (Lipinski definition) is 0. The van der Waals surface area contributed by atoms with Crippen LogP contribution in [0.4, 0.5) is 0 Å². The summed E-state index contributed by atoms with van der Waals surface area (Å²) in [5.74, 6) is 2.55. The summed E-state index contributed by atoms with van der Waals surface area (Å²) in [6.45, 7) is 8.62. The lowest BCUT2D eigenvalue weighted by molar-refractivity contribution is 0.00578. The third-order valence-corrected chi connectivity index (χ3v) is 5.71. The van der Waals surface area contributed by atoms with Gasteiger partial charge in [0, 0.05) is 0 Å². The number of hydrogen-bond acceptors (Lipinski definition) is 2. The van der Waals surface area contributed by atoms with Crippen molar-refractivity contribution in [3.63, 3.8) is 0 Å². The molecule has 3 rings (SSSR count). The molecular formula is C15H27BO2. The Morgan fingerprint density at radius 2 is 1.56 bits per heavy atom. The van der Waals surface area contributed by atoms with Crippen molar-refractivity contribution < 1.29 is 9.31 Å². The van der Waals surface area contributed by atoms with E-state index in [1.165, 1.54) is 38.5 Å². The first-order valence-corrected chi connectivity index (χ1v) is 7.75. The minimum absolute atomic E-state index is 0.0569. The minimum Gasteiger partial charge on any atom is -0.403 e. The Kier molecular flexibility index (Phi) is 3.06. The molecule has 2 atom stereocenters. The van der Waals surface area contributed by atoms with Crippen LogP contribution in [0.25, 0.3) is 0 Å². The quantitative estimate of drug-likeness (QED) is 0.703. The predicted molar refractivity (Wildman–Crippen MR) is 74.5 cm³/mol. The van der Waals surface area contributed by atoms with Crippen molar-refractivity contribution in [2.24, 2.45) is 11.8 Å². The zero-order valence-electron chi connectivity index (χ0n) is 12.4. The van der Waals surface area contributed by atoms with Crippen LogP contribution in [0, 0.1) is 11.8 Å². The second-order valence-electron chi connectivity index (χ2n) is 7.67. The van der Waals surface area contributed by atoms with Crippen molar-refractivity contribution in [3.05, 3.63) is 0 Å². The van der Waals surface area contributed by atoms with Crippen LogP contribution in [-0.4, -0.2) is 18.3 Å². The fraction of sp³-hybridized carbons (Fsp3) is 1.00. The van der Waals surface area contributed by atoms with Crippen LogP contribution in [0.1, 0.15) is 66.2 Å². The first-order chi connectivity index (χ1) is 8.39. The van der Waals surface area contributed by atoms with Gasteiger partial charge in [0.1, 0.15) is 0 Å². The van der Waals surface area contributed by atoms with E-state index in [1.807, 2.05) is 0 Å². The summed E-state index contributed by atoms with van der Waals surface area (Å²) in [5, 5.41) is 0. The predicted octanol–water partition coefficient (Wildman–Crippen LogP) is 4.05. The molecule has 0 radical (unpaired) electrons. The highest BCUT2D eigenvalue weighted by molar-refractivity contribution is 6.48. The van der Waals surface area contributed by atoms with Crippen LogP contribution in [0.5, 0.6) is 0 Å². The van der Waals surface area contributed by atoms with E-state index in [2.05, 4.69) is 27.7 Å². The second-order valence-corrected chi connectivity index (χ2v) is 7.67. The van der Waals surface area contributed by atoms with E-state index < -0.39 is 0 Å². The van der Waals surface area contributed by atoms with E-state index >= 15 is 0 Å². The first-order valence-electron chi connectivity index (χ1n) is 7.75. The zero-order valence-corrected chi connectivity index (χ0v) is 12.4. The highest BCUT2D eigenvalue weighted by atomic mass is 16.7. The van der Waals surface area contributed by atoms with Gasteiger partial charge in [0.15, 0.2) is 0 Å². The molecule has 3 fully saturated rings. The Morgan fingerprint density at radius 3 is 2.11 bits per heavy atom. The Balaban J connectivity index is 1.53. The second kappa shape index (κ2) is 4.24. The molecule has 102 valence electrons. The molecule has 1 aliphatic heterocycles. The summed E-state index contributed by atoms with van der Waals surface area (Å²) in [6.07, 6.45) is 8.60. The van der Waals surface area contributed by atoms with Gasteiger partial charge in [-0.15, -0.1) is 0 Å². The van der Waals surface area contributed by atoms with Crippen molar-refractivity contribution in [1.82, 2.24) is 0 Å². The van der Waals surface area contributed by atoms with Gasteiger partial charge in [-0.05, 0) is 58.2 Å². The summed E-state index contributed by atoms with van der Waals surface area (Å²) in [7, 11) is 0.0569. The van der Waals surface area contributed by atoms with Crippen molar-refractivity contribution in [2.45, 2.75) is 83.2 Å². The van der Waals surface area contributed by atoms with Crippen LogP contribution in [-0.2, 0) is 9.31 Å². The molecule has 0 aromatic carbocycles. The normalized spacial score (nSPS) is 38.3. The van der Waals surface area contributed by atoms with Crippen LogP contribution < -0.4 is 0 Å². The van der Waals surface area contributed by atoms with E-state index in [-0.39, 0.29) is 18.3 Å². The zero-order chi connectivity index (χ0) is 13.0. The van der Waals surface area contributed by atoms with Gasteiger partial charge in [0.25, 0.3) is 0 Å². The van der Waals surface area contributed by atoms with Gasteiger partial charge >= 0.3 is 7.12 Å². The van der Waals surface area contributed by atoms with Gasteiger partial charge < -0.3 is 9.31 Å². The monoisotopic (exact) mass is 250 g/mol. The Morgan fingerprint density at radius 1 is 1.00 bits per heavy atom. The molecule has 2 aliphatic carbocycles. The van der Waals surface area contributed by atoms with E-state index in [4.69, 9.17) is 9.31 Å². The topological polar surface area (TPSA) is 18.5 Å². The van der Waals surface area contributed by atoms with Gasteiger partial charge in [-0.2, -0.15) is 0 Å². The fourth-order valence-corrected chi connectivity index (χ4v) is 3.61. The minimum atomic E-state index is -0.155. The van der Waals surface area contributed by atoms with Crippen LogP contribution >= 0.6 is 0 Å². The number of rotatable bonds is 3.